The number of aromatic carboxylic acids is 1. The minimum Gasteiger partial charge on any atom is -0.545 e. The molecule has 21 heavy (non-hydrogen) atoms. The summed E-state index contributed by atoms with van der Waals surface area (Å²) in [6, 6.07) is 5.31. The molecule has 1 aliphatic rings. The van der Waals surface area contributed by atoms with Gasteiger partial charge in [-0.3, -0.25) is 0 Å². The number of carboxylic acids is 1. The molecule has 4 heteroatoms. The van der Waals surface area contributed by atoms with Gasteiger partial charge in [0.1, 0.15) is 0 Å². The third-order valence-corrected chi connectivity index (χ3v) is 4.87. The van der Waals surface area contributed by atoms with E-state index < -0.39 is 5.97 Å². The lowest BCUT2D eigenvalue weighted by Gasteiger charge is -2.14. The van der Waals surface area contributed by atoms with Crippen molar-refractivity contribution >= 4 is 16.9 Å². The average molecular weight is 286 g/mol. The second-order valence-electron chi connectivity index (χ2n) is 6.09. The molecule has 0 saturated carbocycles. The quantitative estimate of drug-likeness (QED) is 0.879. The molecule has 0 unspecified atom stereocenters. The van der Waals surface area contributed by atoms with Crippen molar-refractivity contribution in [2.24, 2.45) is 0 Å². The van der Waals surface area contributed by atoms with Crippen molar-refractivity contribution in [2.45, 2.75) is 33.2 Å². The van der Waals surface area contributed by atoms with Gasteiger partial charge in [-0.15, -0.1) is 0 Å². The fourth-order valence-electron chi connectivity index (χ4n) is 3.46. The number of hydrogen-bond donors (Lipinski definition) is 1. The van der Waals surface area contributed by atoms with Gasteiger partial charge in [-0.1, -0.05) is 6.07 Å². The van der Waals surface area contributed by atoms with Gasteiger partial charge in [0.05, 0.1) is 32.1 Å². The zero-order valence-corrected chi connectivity index (χ0v) is 12.7. The van der Waals surface area contributed by atoms with Crippen molar-refractivity contribution in [1.29, 1.82) is 0 Å². The number of nitrogens with one attached hydrogen (secondary N) is 1. The van der Waals surface area contributed by atoms with E-state index in [1.807, 2.05) is 6.07 Å². The number of likely N-dealkylation sites (tertiary alicyclic amines) is 1. The van der Waals surface area contributed by atoms with Gasteiger partial charge >= 0.3 is 0 Å². The third kappa shape index (κ3) is 2.56. The fraction of sp³-hybridized carbons (Fsp3) is 0.471. The number of carboxylic acid groups (broad SMARTS) is 1. The van der Waals surface area contributed by atoms with Gasteiger partial charge in [0.25, 0.3) is 0 Å². The number of carbonyl (C=O) groups is 1. The van der Waals surface area contributed by atoms with Gasteiger partial charge in [0.15, 0.2) is 0 Å². The first-order valence-electron chi connectivity index (χ1n) is 7.72. The van der Waals surface area contributed by atoms with Crippen LogP contribution in [0.4, 0.5) is 0 Å². The molecular weight excluding hydrogens is 264 g/mol. The molecule has 1 aliphatic heterocycles. The van der Waals surface area contributed by atoms with E-state index in [1.54, 1.807) is 17.0 Å². The predicted molar refractivity (Wildman–Crippen MR) is 80.5 cm³/mol. The normalized spacial score (nSPS) is 15.9. The van der Waals surface area contributed by atoms with E-state index in [4.69, 9.17) is 0 Å². The first-order valence-corrected chi connectivity index (χ1v) is 7.72. The number of aromatic nitrogens is 1. The molecule has 1 N–H and O–H groups in total. The van der Waals surface area contributed by atoms with E-state index in [1.165, 1.54) is 37.2 Å². The van der Waals surface area contributed by atoms with Crippen LogP contribution < -0.4 is 10.0 Å². The summed E-state index contributed by atoms with van der Waals surface area (Å²) in [6.45, 7) is 8.89. The van der Waals surface area contributed by atoms with Crippen molar-refractivity contribution in [1.82, 2.24) is 4.57 Å². The molecule has 0 spiro atoms. The molecule has 0 radical (unpaired) electrons. The molecule has 1 aromatic carbocycles. The van der Waals surface area contributed by atoms with Crippen LogP contribution in [-0.2, 0) is 6.54 Å². The van der Waals surface area contributed by atoms with E-state index in [2.05, 4.69) is 18.4 Å². The lowest BCUT2D eigenvalue weighted by molar-refractivity contribution is -0.888. The number of rotatable bonds is 4. The molecule has 0 aliphatic carbocycles. The maximum Gasteiger partial charge on any atom is 0.0953 e. The zero-order chi connectivity index (χ0) is 15.0. The number of nitrogens with zero attached hydrogens (tertiary/aromatic N) is 1. The van der Waals surface area contributed by atoms with Gasteiger partial charge in [0, 0.05) is 29.4 Å². The highest BCUT2D eigenvalue weighted by Crippen LogP contribution is 2.26. The third-order valence-electron chi connectivity index (χ3n) is 4.87. The summed E-state index contributed by atoms with van der Waals surface area (Å²) in [5.74, 6) is -1.11. The molecule has 2 heterocycles. The Labute approximate surface area is 125 Å². The van der Waals surface area contributed by atoms with Crippen molar-refractivity contribution < 1.29 is 14.8 Å². The number of carbonyl (C=O) groups excluding carboxylic acids is 1. The first kappa shape index (κ1) is 14.1. The number of aryl methyl sites for hydroxylation is 1. The summed E-state index contributed by atoms with van der Waals surface area (Å²) in [6.07, 6.45) is 2.68. The molecular formula is C17H22N2O2. The molecule has 3 rings (SSSR count). The average Bonchev–Trinajstić information content (AvgIpc) is 3.06. The highest BCUT2D eigenvalue weighted by Gasteiger charge is 2.17. The number of quaternary nitrogens is 1. The van der Waals surface area contributed by atoms with Crippen LogP contribution in [0.5, 0.6) is 0 Å². The largest absolute Gasteiger partial charge is 0.545 e. The Balaban J connectivity index is 1.94. The van der Waals surface area contributed by atoms with E-state index in [9.17, 15) is 9.90 Å². The Hall–Kier alpha value is -1.81. The maximum absolute atomic E-state index is 11.0. The Morgan fingerprint density at radius 3 is 2.67 bits per heavy atom. The Morgan fingerprint density at radius 2 is 2.00 bits per heavy atom. The van der Waals surface area contributed by atoms with Crippen LogP contribution in [0, 0.1) is 13.8 Å². The summed E-state index contributed by atoms with van der Waals surface area (Å²) >= 11 is 0. The number of hydrogen-bond acceptors (Lipinski definition) is 2. The molecule has 0 bridgehead atoms. The molecule has 0 atom stereocenters. The SMILES string of the molecule is Cc1c(C)n(CC[NH+]2CCCC2)c2ccc(C(=O)[O-])cc12. The molecule has 1 saturated heterocycles. The summed E-state index contributed by atoms with van der Waals surface area (Å²) < 4.78 is 2.33. The first-order chi connectivity index (χ1) is 10.1. The Bertz CT molecular complexity index is 682. The van der Waals surface area contributed by atoms with Crippen molar-refractivity contribution in [3.8, 4) is 0 Å². The van der Waals surface area contributed by atoms with Gasteiger partial charge < -0.3 is 19.4 Å². The van der Waals surface area contributed by atoms with E-state index in [0.29, 0.717) is 0 Å². The highest BCUT2D eigenvalue weighted by molar-refractivity contribution is 5.94. The van der Waals surface area contributed by atoms with Crippen molar-refractivity contribution in [3.63, 3.8) is 0 Å². The summed E-state index contributed by atoms with van der Waals surface area (Å²) in [5.41, 5.74) is 3.80. The molecule has 0 amide bonds. The predicted octanol–water partition coefficient (Wildman–Crippen LogP) is 0.300. The molecule has 4 nitrogen and oxygen atoms in total. The lowest BCUT2D eigenvalue weighted by atomic mass is 10.1. The van der Waals surface area contributed by atoms with E-state index in [0.717, 1.165) is 24.0 Å². The van der Waals surface area contributed by atoms with Gasteiger partial charge in [-0.05, 0) is 37.1 Å². The van der Waals surface area contributed by atoms with Crippen LogP contribution in [0.25, 0.3) is 10.9 Å². The summed E-state index contributed by atoms with van der Waals surface area (Å²) in [7, 11) is 0. The summed E-state index contributed by atoms with van der Waals surface area (Å²) in [4.78, 5) is 12.7. The van der Waals surface area contributed by atoms with Crippen LogP contribution in [0.1, 0.15) is 34.5 Å². The molecule has 1 fully saturated rings. The molecule has 1 aromatic heterocycles. The maximum atomic E-state index is 11.0. The number of fused-ring (bicyclic) bond motifs is 1. The molecule has 112 valence electrons. The Morgan fingerprint density at radius 1 is 1.29 bits per heavy atom. The van der Waals surface area contributed by atoms with Crippen molar-refractivity contribution in [2.75, 3.05) is 19.6 Å². The van der Waals surface area contributed by atoms with E-state index >= 15 is 0 Å². The van der Waals surface area contributed by atoms with Gasteiger partial charge in [0.2, 0.25) is 0 Å². The second kappa shape index (κ2) is 5.53. The van der Waals surface area contributed by atoms with Crippen LogP contribution >= 0.6 is 0 Å². The monoisotopic (exact) mass is 286 g/mol. The Kier molecular flexibility index (Phi) is 3.72. The van der Waals surface area contributed by atoms with E-state index in [-0.39, 0.29) is 5.56 Å². The smallest absolute Gasteiger partial charge is 0.0953 e. The van der Waals surface area contributed by atoms with Gasteiger partial charge in [-0.25, -0.2) is 0 Å². The minimum atomic E-state index is -1.11. The van der Waals surface area contributed by atoms with Crippen LogP contribution in [0.3, 0.4) is 0 Å². The van der Waals surface area contributed by atoms with Crippen molar-refractivity contribution in [3.05, 3.63) is 35.0 Å². The standard InChI is InChI=1S/C17H22N2O2/c1-12-13(2)19(10-9-18-7-3-4-8-18)16-6-5-14(17(20)21)11-15(12)16/h5-6,11H,3-4,7-10H2,1-2H3,(H,20,21). The fourth-order valence-corrected chi connectivity index (χ4v) is 3.46. The minimum absolute atomic E-state index is 0.257. The second-order valence-corrected chi connectivity index (χ2v) is 6.09. The number of benzene rings is 1. The van der Waals surface area contributed by atoms with Crippen LogP contribution in [-0.4, -0.2) is 30.2 Å². The summed E-state index contributed by atoms with van der Waals surface area (Å²) in [5, 5.41) is 12.1. The van der Waals surface area contributed by atoms with Crippen LogP contribution in [0.2, 0.25) is 0 Å². The topological polar surface area (TPSA) is 49.5 Å². The van der Waals surface area contributed by atoms with Gasteiger partial charge in [-0.2, -0.15) is 0 Å². The zero-order valence-electron chi connectivity index (χ0n) is 12.7. The molecule has 2 aromatic rings. The highest BCUT2D eigenvalue weighted by atomic mass is 16.4. The van der Waals surface area contributed by atoms with Crippen LogP contribution in [0.15, 0.2) is 18.2 Å². The lowest BCUT2D eigenvalue weighted by Crippen LogP contribution is -3.10.